The Bertz CT molecular complexity index is 956. The van der Waals surface area contributed by atoms with Gasteiger partial charge in [-0.1, -0.05) is 31.4 Å². The van der Waals surface area contributed by atoms with Crippen LogP contribution >= 0.6 is 0 Å². The zero-order valence-electron chi connectivity index (χ0n) is 21.3. The average Bonchev–Trinajstić information content (AvgIpc) is 3.32. The molecule has 4 rings (SSSR count). The van der Waals surface area contributed by atoms with Crippen LogP contribution in [0.15, 0.2) is 29.3 Å². The van der Waals surface area contributed by atoms with E-state index in [2.05, 4.69) is 15.2 Å². The second-order valence-corrected chi connectivity index (χ2v) is 11.2. The molecule has 3 aliphatic rings. The fourth-order valence-electron chi connectivity index (χ4n) is 5.68. The van der Waals surface area contributed by atoms with E-state index in [1.54, 1.807) is 18.2 Å². The summed E-state index contributed by atoms with van der Waals surface area (Å²) in [6.45, 7) is 7.39. The normalized spacial score (nSPS) is 27.9. The molecule has 4 unspecified atom stereocenters. The van der Waals surface area contributed by atoms with Crippen LogP contribution in [-0.2, 0) is 14.3 Å². The highest BCUT2D eigenvalue weighted by Gasteiger charge is 2.42. The van der Waals surface area contributed by atoms with Crippen molar-refractivity contribution in [2.75, 3.05) is 26.8 Å². The lowest BCUT2D eigenvalue weighted by atomic mass is 9.72. The van der Waals surface area contributed by atoms with Crippen molar-refractivity contribution in [1.82, 2.24) is 10.2 Å². The fourth-order valence-corrected chi connectivity index (χ4v) is 5.68. The van der Waals surface area contributed by atoms with E-state index in [1.165, 1.54) is 32.8 Å². The van der Waals surface area contributed by atoms with Gasteiger partial charge in [-0.15, -0.1) is 0 Å². The Balaban J connectivity index is 1.49. The van der Waals surface area contributed by atoms with Gasteiger partial charge < -0.3 is 19.9 Å². The Morgan fingerprint density at radius 3 is 2.66 bits per heavy atom. The van der Waals surface area contributed by atoms with Crippen molar-refractivity contribution < 1.29 is 24.2 Å². The van der Waals surface area contributed by atoms with Gasteiger partial charge >= 0.3 is 5.97 Å². The number of hydrogen-bond donors (Lipinski definition) is 2. The summed E-state index contributed by atoms with van der Waals surface area (Å²) < 4.78 is 10.7. The van der Waals surface area contributed by atoms with Crippen molar-refractivity contribution in [3.63, 3.8) is 0 Å². The molecule has 5 atom stereocenters. The lowest BCUT2D eigenvalue weighted by molar-refractivity contribution is -0.132. The van der Waals surface area contributed by atoms with E-state index in [9.17, 15) is 14.7 Å². The van der Waals surface area contributed by atoms with Gasteiger partial charge in [-0.25, -0.2) is 9.79 Å². The first kappa shape index (κ1) is 25.6. The third-order valence-corrected chi connectivity index (χ3v) is 7.41. The zero-order valence-corrected chi connectivity index (χ0v) is 21.3. The lowest BCUT2D eigenvalue weighted by Gasteiger charge is -2.46. The number of rotatable bonds is 6. The molecule has 8 nitrogen and oxygen atoms in total. The SMILES string of the molecule is COC(=O)c1ccccc1C1=NC(C(O)CN2CC3CCCCC3C[C@H]2C(=O)NC(C)(C)C)CO1. The van der Waals surface area contributed by atoms with Crippen LogP contribution in [0.25, 0.3) is 0 Å². The minimum Gasteiger partial charge on any atom is -0.475 e. The van der Waals surface area contributed by atoms with Crippen molar-refractivity contribution in [1.29, 1.82) is 0 Å². The smallest absolute Gasteiger partial charge is 0.338 e. The molecule has 2 aliphatic heterocycles. The maximum atomic E-state index is 13.2. The summed E-state index contributed by atoms with van der Waals surface area (Å²) in [5.74, 6) is 1.05. The number of aliphatic hydroxyl groups excluding tert-OH is 1. The van der Waals surface area contributed by atoms with Gasteiger partial charge in [-0.2, -0.15) is 0 Å². The van der Waals surface area contributed by atoms with Crippen LogP contribution in [0, 0.1) is 11.8 Å². The van der Waals surface area contributed by atoms with E-state index in [4.69, 9.17) is 9.47 Å². The van der Waals surface area contributed by atoms with Gasteiger partial charge in [0.15, 0.2) is 0 Å². The molecule has 1 amide bonds. The van der Waals surface area contributed by atoms with Crippen LogP contribution in [0.2, 0.25) is 0 Å². The lowest BCUT2D eigenvalue weighted by Crippen LogP contribution is -2.59. The second kappa shape index (κ2) is 10.7. The molecule has 1 saturated heterocycles. The standard InChI is InChI=1S/C27H39N3O5/c1-27(2,3)29-24(32)22-13-17-9-5-6-10-18(17)14-30(22)15-23(31)21-16-35-25(28-21)19-11-7-8-12-20(19)26(33)34-4/h7-8,11-12,17-18,21-23,31H,5-6,9-10,13-16H2,1-4H3,(H,29,32)/t17?,18?,21?,22-,23?/m0/s1. The molecule has 1 aromatic rings. The Morgan fingerprint density at radius 1 is 1.23 bits per heavy atom. The summed E-state index contributed by atoms with van der Waals surface area (Å²) in [5, 5.41) is 14.3. The van der Waals surface area contributed by atoms with E-state index >= 15 is 0 Å². The average molecular weight is 486 g/mol. The Morgan fingerprint density at radius 2 is 1.94 bits per heavy atom. The fraction of sp³-hybridized carbons (Fsp3) is 0.667. The number of amides is 1. The molecule has 0 radical (unpaired) electrons. The number of nitrogens with one attached hydrogen (secondary N) is 1. The van der Waals surface area contributed by atoms with E-state index in [-0.39, 0.29) is 24.1 Å². The Labute approximate surface area is 208 Å². The van der Waals surface area contributed by atoms with E-state index in [1.807, 2.05) is 26.8 Å². The highest BCUT2D eigenvalue weighted by atomic mass is 16.5. The number of benzene rings is 1. The maximum absolute atomic E-state index is 13.2. The van der Waals surface area contributed by atoms with E-state index in [0.29, 0.717) is 35.4 Å². The predicted molar refractivity (Wildman–Crippen MR) is 133 cm³/mol. The largest absolute Gasteiger partial charge is 0.475 e. The Hall–Kier alpha value is -2.45. The van der Waals surface area contributed by atoms with Crippen molar-refractivity contribution in [3.8, 4) is 0 Å². The molecule has 1 saturated carbocycles. The molecule has 0 spiro atoms. The highest BCUT2D eigenvalue weighted by molar-refractivity contribution is 6.05. The number of esters is 1. The number of aliphatic hydroxyl groups is 1. The summed E-state index contributed by atoms with van der Waals surface area (Å²) in [6, 6.07) is 6.28. The molecule has 2 N–H and O–H groups in total. The monoisotopic (exact) mass is 485 g/mol. The number of ether oxygens (including phenoxy) is 2. The molecule has 2 heterocycles. The van der Waals surface area contributed by atoms with Gasteiger partial charge in [0, 0.05) is 18.6 Å². The van der Waals surface area contributed by atoms with Gasteiger partial charge in [0.25, 0.3) is 0 Å². The molecule has 192 valence electrons. The van der Waals surface area contributed by atoms with Crippen LogP contribution in [0.4, 0.5) is 0 Å². The van der Waals surface area contributed by atoms with Crippen LogP contribution in [0.5, 0.6) is 0 Å². The summed E-state index contributed by atoms with van der Waals surface area (Å²) >= 11 is 0. The topological polar surface area (TPSA) is 100 Å². The number of carbonyl (C=O) groups excluding carboxylic acids is 2. The molecule has 8 heteroatoms. The van der Waals surface area contributed by atoms with Crippen molar-refractivity contribution >= 4 is 17.8 Å². The molecule has 35 heavy (non-hydrogen) atoms. The molecule has 2 fully saturated rings. The minimum atomic E-state index is -0.789. The molecule has 0 aromatic heterocycles. The van der Waals surface area contributed by atoms with Crippen molar-refractivity contribution in [2.24, 2.45) is 16.8 Å². The summed E-state index contributed by atoms with van der Waals surface area (Å²) in [7, 11) is 1.34. The van der Waals surface area contributed by atoms with Crippen LogP contribution < -0.4 is 5.32 Å². The number of likely N-dealkylation sites (tertiary alicyclic amines) is 1. The van der Waals surface area contributed by atoms with Gasteiger partial charge in [0.1, 0.15) is 12.6 Å². The number of nitrogens with zero attached hydrogens (tertiary/aromatic N) is 2. The van der Waals surface area contributed by atoms with E-state index in [0.717, 1.165) is 13.0 Å². The van der Waals surface area contributed by atoms with Gasteiger partial charge in [0.2, 0.25) is 11.8 Å². The quantitative estimate of drug-likeness (QED) is 0.601. The first-order valence-corrected chi connectivity index (χ1v) is 12.8. The number of carbonyl (C=O) groups is 2. The van der Waals surface area contributed by atoms with Crippen LogP contribution in [0.3, 0.4) is 0 Å². The first-order valence-electron chi connectivity index (χ1n) is 12.8. The maximum Gasteiger partial charge on any atom is 0.338 e. The third kappa shape index (κ3) is 6.04. The van der Waals surface area contributed by atoms with Crippen LogP contribution in [0.1, 0.15) is 68.8 Å². The summed E-state index contributed by atoms with van der Waals surface area (Å²) in [6.07, 6.45) is 4.89. The molecule has 0 bridgehead atoms. The van der Waals surface area contributed by atoms with Crippen molar-refractivity contribution in [2.45, 2.75) is 76.6 Å². The molecule has 1 aliphatic carbocycles. The summed E-state index contributed by atoms with van der Waals surface area (Å²) in [5.41, 5.74) is 0.623. The molecular formula is C27H39N3O5. The first-order chi connectivity index (χ1) is 16.7. The number of piperidine rings is 1. The second-order valence-electron chi connectivity index (χ2n) is 11.2. The number of β-amino-alcohol motifs (C(OH)–C–C–N with tert-alkyl or cyclic N) is 1. The minimum absolute atomic E-state index is 0.0348. The third-order valence-electron chi connectivity index (χ3n) is 7.41. The predicted octanol–water partition coefficient (Wildman–Crippen LogP) is 2.77. The molecular weight excluding hydrogens is 446 g/mol. The Kier molecular flexibility index (Phi) is 7.81. The van der Waals surface area contributed by atoms with Gasteiger partial charge in [-0.05, 0) is 57.6 Å². The van der Waals surface area contributed by atoms with Crippen LogP contribution in [-0.4, -0.2) is 78.3 Å². The van der Waals surface area contributed by atoms with E-state index < -0.39 is 18.1 Å². The highest BCUT2D eigenvalue weighted by Crippen LogP contribution is 2.39. The van der Waals surface area contributed by atoms with Gasteiger partial charge in [-0.3, -0.25) is 9.69 Å². The summed E-state index contributed by atoms with van der Waals surface area (Å²) in [4.78, 5) is 32.2. The number of hydrogen-bond acceptors (Lipinski definition) is 7. The van der Waals surface area contributed by atoms with Crippen molar-refractivity contribution in [3.05, 3.63) is 35.4 Å². The number of methoxy groups -OCH3 is 1. The zero-order chi connectivity index (χ0) is 25.2. The number of aliphatic imine (C=N–C) groups is 1. The molecule has 1 aromatic carbocycles. The number of fused-ring (bicyclic) bond motifs is 1. The van der Waals surface area contributed by atoms with Gasteiger partial charge in [0.05, 0.1) is 30.4 Å².